The van der Waals surface area contributed by atoms with Crippen LogP contribution in [0, 0.1) is 13.5 Å². The van der Waals surface area contributed by atoms with Crippen LogP contribution in [0.5, 0.6) is 5.75 Å². The van der Waals surface area contributed by atoms with Crippen molar-refractivity contribution in [1.82, 2.24) is 4.98 Å². The Labute approximate surface area is 135 Å². The van der Waals surface area contributed by atoms with Gasteiger partial charge in [-0.3, -0.25) is 0 Å². The number of aromatic nitrogens is 1. The van der Waals surface area contributed by atoms with Crippen LogP contribution in [0.25, 0.3) is 15.0 Å². The van der Waals surface area contributed by atoms with Gasteiger partial charge >= 0.3 is 135 Å². The molecule has 0 saturated heterocycles. The van der Waals surface area contributed by atoms with Gasteiger partial charge in [-0.15, -0.1) is 0 Å². The van der Waals surface area contributed by atoms with E-state index in [4.69, 9.17) is 16.0 Å². The number of benzene rings is 1. The fraction of sp³-hybridized carbons (Fsp3) is 0.312. The van der Waals surface area contributed by atoms with E-state index in [1.54, 1.807) is 19.1 Å². The topological polar surface area (TPSA) is 52.8 Å². The van der Waals surface area contributed by atoms with E-state index in [1.807, 2.05) is 19.9 Å². The molecule has 1 aromatic carbocycles. The van der Waals surface area contributed by atoms with Crippen molar-refractivity contribution in [2.75, 3.05) is 13.2 Å². The van der Waals surface area contributed by atoms with Crippen molar-refractivity contribution in [3.8, 4) is 15.9 Å². The van der Waals surface area contributed by atoms with Gasteiger partial charge in [0.2, 0.25) is 0 Å². The Balaban J connectivity index is 2.39. The number of aryl methyl sites for hydroxylation is 1. The van der Waals surface area contributed by atoms with Crippen LogP contribution < -0.4 is 4.74 Å². The normalized spacial score (nSPS) is 10.1. The van der Waals surface area contributed by atoms with Crippen LogP contribution in [0.1, 0.15) is 28.8 Å². The number of nitrogens with zero attached hydrogens (tertiary/aromatic N) is 2. The fourth-order valence-electron chi connectivity index (χ4n) is 1.92. The van der Waals surface area contributed by atoms with Gasteiger partial charge in [0.05, 0.1) is 0 Å². The maximum atomic E-state index is 11.9. The zero-order chi connectivity index (χ0) is 16.1. The summed E-state index contributed by atoms with van der Waals surface area (Å²) in [4.78, 5) is 19.9. The fourth-order valence-corrected chi connectivity index (χ4v) is 3.93. The zero-order valence-corrected chi connectivity index (χ0v) is 14.4. The molecule has 0 N–H and O–H groups in total. The molecule has 1 aromatic heterocycles. The first kappa shape index (κ1) is 16.3. The molecule has 0 aliphatic carbocycles. The SMILES string of the molecule is [C-]#[N+]c1cc(-c2nc(C)c(C(=O)OCC)[se]2)ccc1OCC. The monoisotopic (exact) mass is 364 g/mol. The number of ether oxygens (including phenoxy) is 2. The van der Waals surface area contributed by atoms with Crippen molar-refractivity contribution in [3.63, 3.8) is 0 Å². The summed E-state index contributed by atoms with van der Waals surface area (Å²) in [5.74, 6) is 0.276. The van der Waals surface area contributed by atoms with Crippen LogP contribution in [0.2, 0.25) is 0 Å². The van der Waals surface area contributed by atoms with Crippen LogP contribution in [0.3, 0.4) is 0 Å². The van der Waals surface area contributed by atoms with Gasteiger partial charge in [-0.25, -0.2) is 0 Å². The van der Waals surface area contributed by atoms with Gasteiger partial charge in [-0.05, 0) is 0 Å². The van der Waals surface area contributed by atoms with Gasteiger partial charge in [0.25, 0.3) is 0 Å². The molecule has 2 aromatic rings. The minimum atomic E-state index is -0.296. The van der Waals surface area contributed by atoms with E-state index < -0.39 is 0 Å². The van der Waals surface area contributed by atoms with E-state index >= 15 is 0 Å². The molecule has 0 amide bonds. The van der Waals surface area contributed by atoms with Gasteiger partial charge in [0.1, 0.15) is 0 Å². The van der Waals surface area contributed by atoms with E-state index in [-0.39, 0.29) is 20.5 Å². The molecule has 0 spiro atoms. The van der Waals surface area contributed by atoms with Gasteiger partial charge in [-0.1, -0.05) is 0 Å². The van der Waals surface area contributed by atoms with Gasteiger partial charge in [0.15, 0.2) is 0 Å². The van der Waals surface area contributed by atoms with Crippen molar-refractivity contribution in [2.45, 2.75) is 20.8 Å². The first-order chi connectivity index (χ1) is 10.6. The Hall–Kier alpha value is -2.09. The predicted octanol–water partition coefficient (Wildman–Crippen LogP) is 3.24. The van der Waals surface area contributed by atoms with Gasteiger partial charge in [-0.2, -0.15) is 0 Å². The summed E-state index contributed by atoms with van der Waals surface area (Å²) < 4.78 is 12.0. The molecule has 0 atom stereocenters. The van der Waals surface area contributed by atoms with E-state index in [9.17, 15) is 4.79 Å². The molecule has 0 saturated carbocycles. The summed E-state index contributed by atoms with van der Waals surface area (Å²) in [6, 6.07) is 5.42. The molecule has 0 bridgehead atoms. The summed E-state index contributed by atoms with van der Waals surface area (Å²) in [5.41, 5.74) is 2.01. The molecule has 6 heteroatoms. The third-order valence-electron chi connectivity index (χ3n) is 2.88. The predicted molar refractivity (Wildman–Crippen MR) is 84.7 cm³/mol. The van der Waals surface area contributed by atoms with E-state index in [1.165, 1.54) is 0 Å². The number of hydrogen-bond acceptors (Lipinski definition) is 4. The molecule has 0 unspecified atom stereocenters. The molecular weight excluding hydrogens is 347 g/mol. The zero-order valence-electron chi connectivity index (χ0n) is 12.7. The first-order valence-electron chi connectivity index (χ1n) is 6.89. The van der Waals surface area contributed by atoms with Crippen molar-refractivity contribution >= 4 is 26.2 Å². The maximum absolute atomic E-state index is 11.9. The molecule has 5 nitrogen and oxygen atoms in total. The molecule has 22 heavy (non-hydrogen) atoms. The van der Waals surface area contributed by atoms with E-state index in [0.29, 0.717) is 34.8 Å². The van der Waals surface area contributed by atoms with Crippen LogP contribution >= 0.6 is 0 Å². The average molecular weight is 363 g/mol. The van der Waals surface area contributed by atoms with Crippen LogP contribution in [-0.2, 0) is 4.74 Å². The molecule has 114 valence electrons. The van der Waals surface area contributed by atoms with E-state index in [0.717, 1.165) is 10.1 Å². The molecule has 1 heterocycles. The van der Waals surface area contributed by atoms with Gasteiger partial charge in [0, 0.05) is 0 Å². The Morgan fingerprint density at radius 1 is 1.36 bits per heavy atom. The summed E-state index contributed by atoms with van der Waals surface area (Å²) in [5, 5.41) is 0. The summed E-state index contributed by atoms with van der Waals surface area (Å²) in [6.07, 6.45) is 0. The first-order valence-corrected chi connectivity index (χ1v) is 8.61. The molecule has 0 aliphatic rings. The summed E-state index contributed by atoms with van der Waals surface area (Å²) >= 11 is -0.206. The molecule has 2 rings (SSSR count). The minimum absolute atomic E-state index is 0.206. The Kier molecular flexibility index (Phi) is 5.37. The summed E-state index contributed by atoms with van der Waals surface area (Å²) in [7, 11) is 0. The number of carbonyl (C=O) groups excluding carboxylic acids is 1. The van der Waals surface area contributed by atoms with Gasteiger partial charge < -0.3 is 0 Å². The van der Waals surface area contributed by atoms with Crippen molar-refractivity contribution in [2.24, 2.45) is 0 Å². The molecule has 0 aliphatic heterocycles. The molecule has 0 radical (unpaired) electrons. The third kappa shape index (κ3) is 3.38. The van der Waals surface area contributed by atoms with Crippen LogP contribution in [-0.4, -0.2) is 38.7 Å². The van der Waals surface area contributed by atoms with Crippen LogP contribution in [0.4, 0.5) is 5.69 Å². The molecular formula is C16H16N2O3Se. The second kappa shape index (κ2) is 7.26. The molecule has 0 fully saturated rings. The number of esters is 1. The number of hydrogen-bond donors (Lipinski definition) is 0. The Morgan fingerprint density at radius 2 is 2.14 bits per heavy atom. The van der Waals surface area contributed by atoms with Crippen molar-refractivity contribution < 1.29 is 14.3 Å². The number of carbonyl (C=O) groups is 1. The van der Waals surface area contributed by atoms with Crippen molar-refractivity contribution in [3.05, 3.63) is 39.7 Å². The second-order valence-electron chi connectivity index (χ2n) is 4.38. The van der Waals surface area contributed by atoms with Crippen LogP contribution in [0.15, 0.2) is 18.2 Å². The second-order valence-corrected chi connectivity index (χ2v) is 6.48. The average Bonchev–Trinajstić information content (AvgIpc) is 2.90. The quantitative estimate of drug-likeness (QED) is 0.465. The Bertz CT molecular complexity index is 731. The van der Waals surface area contributed by atoms with Crippen molar-refractivity contribution in [1.29, 1.82) is 0 Å². The third-order valence-corrected chi connectivity index (χ3v) is 5.37. The standard InChI is InChI=1S/C16H16N2O3Se/c1-5-20-13-8-7-11(9-12(13)17-4)15-18-10(3)14(22-15)16(19)21-6-2/h7-9H,5-6H2,1-3H3. The summed E-state index contributed by atoms with van der Waals surface area (Å²) in [6.45, 7) is 13.6. The Morgan fingerprint density at radius 3 is 2.77 bits per heavy atom. The van der Waals surface area contributed by atoms with E-state index in [2.05, 4.69) is 9.83 Å². The number of rotatable bonds is 5.